The summed E-state index contributed by atoms with van der Waals surface area (Å²) in [6.45, 7) is 2.39. The summed E-state index contributed by atoms with van der Waals surface area (Å²) in [6, 6.07) is 2.25. The molecule has 0 heterocycles. The van der Waals surface area contributed by atoms with Gasteiger partial charge >= 0.3 is 0 Å². The number of allylic oxidation sites excluding steroid dienone is 4. The maximum Gasteiger partial charge on any atom is 0.194 e. The predicted molar refractivity (Wildman–Crippen MR) is 107 cm³/mol. The molecule has 28 heavy (non-hydrogen) atoms. The van der Waals surface area contributed by atoms with Gasteiger partial charge in [-0.3, -0.25) is 0 Å². The fourth-order valence-corrected chi connectivity index (χ4v) is 5.66. The van der Waals surface area contributed by atoms with Crippen LogP contribution in [-0.4, -0.2) is 0 Å². The van der Waals surface area contributed by atoms with Crippen molar-refractivity contribution in [1.29, 1.82) is 0 Å². The Kier molecular flexibility index (Phi) is 5.99. The van der Waals surface area contributed by atoms with Crippen LogP contribution in [-0.2, 0) is 0 Å². The summed E-state index contributed by atoms with van der Waals surface area (Å²) in [5, 5.41) is 0. The maximum absolute atomic E-state index is 13.5. The van der Waals surface area contributed by atoms with Crippen LogP contribution in [0, 0.1) is 41.1 Å². The highest BCUT2D eigenvalue weighted by Gasteiger charge is 2.31. The Morgan fingerprint density at radius 1 is 0.786 bits per heavy atom. The first kappa shape index (κ1) is 19.8. The van der Waals surface area contributed by atoms with Crippen LogP contribution in [0.4, 0.5) is 13.2 Å². The minimum Gasteiger partial charge on any atom is -0.204 e. The summed E-state index contributed by atoms with van der Waals surface area (Å²) in [4.78, 5) is 0. The summed E-state index contributed by atoms with van der Waals surface area (Å²) in [7, 11) is 0. The maximum atomic E-state index is 13.5. The molecule has 3 aliphatic carbocycles. The Balaban J connectivity index is 1.32. The molecule has 3 aliphatic rings. The van der Waals surface area contributed by atoms with Gasteiger partial charge in [0.1, 0.15) is 0 Å². The van der Waals surface area contributed by atoms with Crippen molar-refractivity contribution in [3.63, 3.8) is 0 Å². The van der Waals surface area contributed by atoms with Crippen LogP contribution in [0.3, 0.4) is 0 Å². The zero-order valence-corrected chi connectivity index (χ0v) is 16.8. The Bertz CT molecular complexity index is 724. The summed E-state index contributed by atoms with van der Waals surface area (Å²) >= 11 is 0. The van der Waals surface area contributed by atoms with Crippen molar-refractivity contribution >= 4 is 0 Å². The van der Waals surface area contributed by atoms with E-state index in [2.05, 4.69) is 19.1 Å². The van der Waals surface area contributed by atoms with Gasteiger partial charge in [0.25, 0.3) is 0 Å². The molecule has 1 aromatic rings. The Labute approximate surface area is 166 Å². The van der Waals surface area contributed by atoms with E-state index < -0.39 is 17.5 Å². The molecule has 0 aromatic heterocycles. The number of hydrogen-bond acceptors (Lipinski definition) is 0. The highest BCUT2D eigenvalue weighted by molar-refractivity contribution is 5.35. The fourth-order valence-electron chi connectivity index (χ4n) is 5.66. The first-order chi connectivity index (χ1) is 13.5. The van der Waals surface area contributed by atoms with E-state index in [0.29, 0.717) is 11.5 Å². The summed E-state index contributed by atoms with van der Waals surface area (Å²) in [5.41, 5.74) is 1.90. The normalized spacial score (nSPS) is 33.6. The standard InChI is InChI=1S/C25H31F3/c1-16-2-4-17(5-3-16)18-6-8-19(9-7-18)20-10-12-21(13-11-20)22-14-23(26)25(28)24(27)15-22/h10-12,14-19,21H,2-9,13H2,1H3/t16-,17+,18?,19?,21?. The lowest BCUT2D eigenvalue weighted by atomic mass is 9.68. The Morgan fingerprint density at radius 2 is 1.36 bits per heavy atom. The number of benzene rings is 1. The van der Waals surface area contributed by atoms with Crippen molar-refractivity contribution in [3.05, 3.63) is 58.9 Å². The lowest BCUT2D eigenvalue weighted by Gasteiger charge is -2.38. The van der Waals surface area contributed by atoms with E-state index >= 15 is 0 Å². The summed E-state index contributed by atoms with van der Waals surface area (Å²) in [5.74, 6) is -0.269. The molecule has 0 spiro atoms. The second-order valence-electron chi connectivity index (χ2n) is 9.34. The summed E-state index contributed by atoms with van der Waals surface area (Å²) in [6.07, 6.45) is 18.0. The molecule has 0 nitrogen and oxygen atoms in total. The lowest BCUT2D eigenvalue weighted by molar-refractivity contribution is 0.159. The molecule has 0 saturated heterocycles. The molecule has 4 rings (SSSR count). The third kappa shape index (κ3) is 4.23. The van der Waals surface area contributed by atoms with E-state index in [1.165, 1.54) is 56.9 Å². The molecule has 1 aromatic carbocycles. The highest BCUT2D eigenvalue weighted by atomic mass is 19.2. The average molecular weight is 389 g/mol. The molecule has 0 radical (unpaired) electrons. The van der Waals surface area contributed by atoms with Gasteiger partial charge in [-0.2, -0.15) is 0 Å². The molecule has 0 aliphatic heterocycles. The molecule has 2 fully saturated rings. The van der Waals surface area contributed by atoms with Gasteiger partial charge < -0.3 is 0 Å². The first-order valence-corrected chi connectivity index (χ1v) is 11.0. The molecular weight excluding hydrogens is 357 g/mol. The molecule has 0 bridgehead atoms. The van der Waals surface area contributed by atoms with Crippen LogP contribution in [0.25, 0.3) is 0 Å². The zero-order chi connectivity index (χ0) is 19.7. The van der Waals surface area contributed by atoms with Gasteiger partial charge in [0, 0.05) is 5.92 Å². The van der Waals surface area contributed by atoms with E-state index in [0.717, 1.165) is 36.3 Å². The van der Waals surface area contributed by atoms with Gasteiger partial charge in [-0.25, -0.2) is 13.2 Å². The molecule has 0 amide bonds. The second-order valence-corrected chi connectivity index (χ2v) is 9.34. The highest BCUT2D eigenvalue weighted by Crippen LogP contribution is 2.44. The minimum atomic E-state index is -1.39. The Morgan fingerprint density at radius 3 is 1.89 bits per heavy atom. The molecule has 152 valence electrons. The second kappa shape index (κ2) is 8.47. The van der Waals surface area contributed by atoms with Gasteiger partial charge in [-0.1, -0.05) is 38.0 Å². The minimum absolute atomic E-state index is 0.0751. The van der Waals surface area contributed by atoms with Crippen LogP contribution in [0.2, 0.25) is 0 Å². The molecule has 2 saturated carbocycles. The fraction of sp³-hybridized carbons (Fsp3) is 0.600. The van der Waals surface area contributed by atoms with Crippen molar-refractivity contribution in [1.82, 2.24) is 0 Å². The third-order valence-corrected chi connectivity index (χ3v) is 7.53. The van der Waals surface area contributed by atoms with Gasteiger partial charge in [-0.05, 0) is 91.9 Å². The van der Waals surface area contributed by atoms with Crippen LogP contribution in [0.5, 0.6) is 0 Å². The smallest absolute Gasteiger partial charge is 0.194 e. The van der Waals surface area contributed by atoms with Gasteiger partial charge in [0.15, 0.2) is 17.5 Å². The third-order valence-electron chi connectivity index (χ3n) is 7.53. The molecule has 1 atom stereocenters. The predicted octanol–water partition coefficient (Wildman–Crippen LogP) is 7.71. The van der Waals surface area contributed by atoms with Crippen LogP contribution in [0.1, 0.15) is 76.2 Å². The SMILES string of the molecule is C[C@H]1CC[C@@H](C2CCC(C3=CCC(c4cc(F)c(F)c(F)c4)C=C3)CC2)CC1. The average Bonchev–Trinajstić information content (AvgIpc) is 2.72. The van der Waals surface area contributed by atoms with E-state index in [1.54, 1.807) is 0 Å². The van der Waals surface area contributed by atoms with E-state index in [1.807, 2.05) is 6.08 Å². The number of hydrogen-bond donors (Lipinski definition) is 0. The van der Waals surface area contributed by atoms with Crippen molar-refractivity contribution in [2.45, 2.75) is 70.6 Å². The van der Waals surface area contributed by atoms with Gasteiger partial charge in [0.2, 0.25) is 0 Å². The van der Waals surface area contributed by atoms with E-state index in [-0.39, 0.29) is 5.92 Å². The lowest BCUT2D eigenvalue weighted by Crippen LogP contribution is -2.25. The zero-order valence-electron chi connectivity index (χ0n) is 16.8. The van der Waals surface area contributed by atoms with Gasteiger partial charge in [-0.15, -0.1) is 0 Å². The Hall–Kier alpha value is -1.51. The first-order valence-electron chi connectivity index (χ1n) is 11.0. The van der Waals surface area contributed by atoms with Crippen LogP contribution >= 0.6 is 0 Å². The molecule has 1 unspecified atom stereocenters. The molecular formula is C25H31F3. The van der Waals surface area contributed by atoms with Crippen LogP contribution < -0.4 is 0 Å². The molecule has 3 heteroatoms. The largest absolute Gasteiger partial charge is 0.204 e. The van der Waals surface area contributed by atoms with Crippen LogP contribution in [0.15, 0.2) is 35.9 Å². The van der Waals surface area contributed by atoms with Crippen molar-refractivity contribution in [2.24, 2.45) is 23.7 Å². The monoisotopic (exact) mass is 388 g/mol. The number of halogens is 3. The number of rotatable bonds is 3. The van der Waals surface area contributed by atoms with E-state index in [9.17, 15) is 13.2 Å². The van der Waals surface area contributed by atoms with Gasteiger partial charge in [0.05, 0.1) is 0 Å². The quantitative estimate of drug-likeness (QED) is 0.465. The van der Waals surface area contributed by atoms with Crippen molar-refractivity contribution < 1.29 is 13.2 Å². The van der Waals surface area contributed by atoms with Crippen molar-refractivity contribution in [3.8, 4) is 0 Å². The topological polar surface area (TPSA) is 0 Å². The van der Waals surface area contributed by atoms with Crippen molar-refractivity contribution in [2.75, 3.05) is 0 Å². The van der Waals surface area contributed by atoms with E-state index in [4.69, 9.17) is 0 Å². The summed E-state index contributed by atoms with van der Waals surface area (Å²) < 4.78 is 40.2. The molecule has 0 N–H and O–H groups in total.